The van der Waals surface area contributed by atoms with Crippen LogP contribution >= 0.6 is 0 Å². The fourth-order valence-electron chi connectivity index (χ4n) is 2.93. The third-order valence-electron chi connectivity index (χ3n) is 4.87. The number of carbonyl (C=O) groups is 2. The summed E-state index contributed by atoms with van der Waals surface area (Å²) in [5, 5.41) is 15.8. The minimum Gasteiger partial charge on any atom is -0.443 e. The van der Waals surface area contributed by atoms with Gasteiger partial charge in [0.25, 0.3) is 5.91 Å². The molecule has 6 heteroatoms. The molecule has 2 aliphatic rings. The van der Waals surface area contributed by atoms with Gasteiger partial charge in [-0.2, -0.15) is 0 Å². The molecule has 0 heterocycles. The minimum absolute atomic E-state index is 0.165. The summed E-state index contributed by atoms with van der Waals surface area (Å²) < 4.78 is 5.40. The van der Waals surface area contributed by atoms with Crippen molar-refractivity contribution in [2.75, 3.05) is 0 Å². The topological polar surface area (TPSA) is 87.7 Å². The fourth-order valence-corrected chi connectivity index (χ4v) is 2.93. The van der Waals surface area contributed by atoms with E-state index in [2.05, 4.69) is 10.6 Å². The standard InChI is InChI=1S/C19H26N2O4/c22-17(18(23)21-15-9-10-15)16(11-13-7-4-8-13)25-19(24)20-12-14-5-2-1-3-6-14/h1-3,5-6,13,15-17,22H,4,7-12H2,(H,20,24)(H,21,23). The van der Waals surface area contributed by atoms with Crippen LogP contribution < -0.4 is 10.6 Å². The van der Waals surface area contributed by atoms with Crippen molar-refractivity contribution in [1.82, 2.24) is 10.6 Å². The highest BCUT2D eigenvalue weighted by Gasteiger charge is 2.35. The van der Waals surface area contributed by atoms with Gasteiger partial charge < -0.3 is 20.5 Å². The van der Waals surface area contributed by atoms with Crippen LogP contribution in [-0.4, -0.2) is 35.4 Å². The second-order valence-electron chi connectivity index (χ2n) is 7.04. The van der Waals surface area contributed by atoms with Crippen LogP contribution in [0.4, 0.5) is 4.79 Å². The maximum Gasteiger partial charge on any atom is 0.407 e. The zero-order valence-electron chi connectivity index (χ0n) is 14.3. The van der Waals surface area contributed by atoms with Gasteiger partial charge >= 0.3 is 6.09 Å². The van der Waals surface area contributed by atoms with E-state index in [0.29, 0.717) is 18.9 Å². The van der Waals surface area contributed by atoms with Gasteiger partial charge in [-0.3, -0.25) is 4.79 Å². The predicted molar refractivity (Wildman–Crippen MR) is 92.7 cm³/mol. The molecule has 1 aromatic rings. The Bertz CT molecular complexity index is 584. The molecule has 136 valence electrons. The van der Waals surface area contributed by atoms with Crippen LogP contribution in [0.2, 0.25) is 0 Å². The number of rotatable bonds is 8. The van der Waals surface area contributed by atoms with Crippen molar-refractivity contribution < 1.29 is 19.4 Å². The molecule has 2 atom stereocenters. The molecule has 1 aromatic carbocycles. The molecule has 6 nitrogen and oxygen atoms in total. The van der Waals surface area contributed by atoms with Crippen LogP contribution in [0.5, 0.6) is 0 Å². The Labute approximate surface area is 147 Å². The Kier molecular flexibility index (Phi) is 5.91. The largest absolute Gasteiger partial charge is 0.443 e. The number of aliphatic hydroxyl groups excluding tert-OH is 1. The number of alkyl carbamates (subject to hydrolysis) is 1. The SMILES string of the molecule is O=C(NCc1ccccc1)OC(CC1CCC1)C(O)C(=O)NC1CC1. The van der Waals surface area contributed by atoms with Gasteiger partial charge in [-0.15, -0.1) is 0 Å². The van der Waals surface area contributed by atoms with Crippen LogP contribution in [-0.2, 0) is 16.1 Å². The molecule has 0 spiro atoms. The summed E-state index contributed by atoms with van der Waals surface area (Å²) in [5.41, 5.74) is 0.960. The molecule has 25 heavy (non-hydrogen) atoms. The van der Waals surface area contributed by atoms with Crippen LogP contribution in [0.25, 0.3) is 0 Å². The number of hydrogen-bond donors (Lipinski definition) is 3. The van der Waals surface area contributed by atoms with E-state index >= 15 is 0 Å². The van der Waals surface area contributed by atoms with Crippen molar-refractivity contribution in [2.24, 2.45) is 5.92 Å². The maximum atomic E-state index is 12.1. The average molecular weight is 346 g/mol. The van der Waals surface area contributed by atoms with E-state index in [4.69, 9.17) is 4.74 Å². The lowest BCUT2D eigenvalue weighted by Gasteiger charge is -2.31. The zero-order valence-corrected chi connectivity index (χ0v) is 14.3. The van der Waals surface area contributed by atoms with Gasteiger partial charge in [0.1, 0.15) is 6.10 Å². The summed E-state index contributed by atoms with van der Waals surface area (Å²) in [5.74, 6) is -0.0296. The smallest absolute Gasteiger partial charge is 0.407 e. The van der Waals surface area contributed by atoms with Crippen molar-refractivity contribution in [3.05, 3.63) is 35.9 Å². The number of ether oxygens (including phenoxy) is 1. The van der Waals surface area contributed by atoms with E-state index in [0.717, 1.165) is 37.7 Å². The van der Waals surface area contributed by atoms with E-state index in [9.17, 15) is 14.7 Å². The Morgan fingerprint density at radius 1 is 1.16 bits per heavy atom. The van der Waals surface area contributed by atoms with Gasteiger partial charge in [0, 0.05) is 12.6 Å². The first-order valence-electron chi connectivity index (χ1n) is 9.08. The van der Waals surface area contributed by atoms with Crippen molar-refractivity contribution in [3.8, 4) is 0 Å². The molecule has 0 aromatic heterocycles. The first-order chi connectivity index (χ1) is 12.1. The molecule has 0 bridgehead atoms. The molecule has 2 aliphatic carbocycles. The molecule has 3 N–H and O–H groups in total. The summed E-state index contributed by atoms with van der Waals surface area (Å²) in [7, 11) is 0. The molecule has 3 rings (SSSR count). The summed E-state index contributed by atoms with van der Waals surface area (Å²) >= 11 is 0. The summed E-state index contributed by atoms with van der Waals surface area (Å²) in [6, 6.07) is 9.68. The van der Waals surface area contributed by atoms with Crippen molar-refractivity contribution in [1.29, 1.82) is 0 Å². The minimum atomic E-state index is -1.32. The lowest BCUT2D eigenvalue weighted by molar-refractivity contribution is -0.136. The molecule has 0 aliphatic heterocycles. The van der Waals surface area contributed by atoms with Crippen LogP contribution in [0, 0.1) is 5.92 Å². The molecule has 2 fully saturated rings. The van der Waals surface area contributed by atoms with Crippen LogP contribution in [0.1, 0.15) is 44.1 Å². The molecule has 0 radical (unpaired) electrons. The first-order valence-corrected chi connectivity index (χ1v) is 9.08. The van der Waals surface area contributed by atoms with Gasteiger partial charge in [-0.1, -0.05) is 49.6 Å². The second-order valence-corrected chi connectivity index (χ2v) is 7.04. The normalized spacial score (nSPS) is 19.4. The zero-order chi connectivity index (χ0) is 17.6. The first kappa shape index (κ1) is 17.7. The van der Waals surface area contributed by atoms with Gasteiger partial charge in [-0.25, -0.2) is 4.79 Å². The number of benzene rings is 1. The van der Waals surface area contributed by atoms with Gasteiger partial charge in [0.05, 0.1) is 0 Å². The van der Waals surface area contributed by atoms with Gasteiger partial charge in [0.2, 0.25) is 0 Å². The lowest BCUT2D eigenvalue weighted by atomic mass is 9.80. The van der Waals surface area contributed by atoms with Gasteiger partial charge in [-0.05, 0) is 30.7 Å². The van der Waals surface area contributed by atoms with E-state index in [1.807, 2.05) is 30.3 Å². The Balaban J connectivity index is 1.52. The van der Waals surface area contributed by atoms with Crippen LogP contribution in [0.3, 0.4) is 0 Å². The van der Waals surface area contributed by atoms with Crippen molar-refractivity contribution >= 4 is 12.0 Å². The molecule has 2 saturated carbocycles. The van der Waals surface area contributed by atoms with Crippen molar-refractivity contribution in [2.45, 2.75) is 63.3 Å². The van der Waals surface area contributed by atoms with Gasteiger partial charge in [0.15, 0.2) is 6.10 Å². The summed E-state index contributed by atoms with van der Waals surface area (Å²) in [4.78, 5) is 24.2. The van der Waals surface area contributed by atoms with E-state index in [1.54, 1.807) is 0 Å². The number of hydrogen-bond acceptors (Lipinski definition) is 4. The highest BCUT2D eigenvalue weighted by Crippen LogP contribution is 2.32. The molecule has 2 amide bonds. The third-order valence-corrected chi connectivity index (χ3v) is 4.87. The number of carbonyl (C=O) groups excluding carboxylic acids is 2. The maximum absolute atomic E-state index is 12.1. The summed E-state index contributed by atoms with van der Waals surface area (Å²) in [6.45, 7) is 0.347. The molecular formula is C19H26N2O4. The van der Waals surface area contributed by atoms with E-state index in [1.165, 1.54) is 0 Å². The highest BCUT2D eigenvalue weighted by atomic mass is 16.6. The second kappa shape index (κ2) is 8.34. The number of aliphatic hydroxyl groups is 1. The molecule has 2 unspecified atom stereocenters. The average Bonchev–Trinajstić information content (AvgIpc) is 3.39. The fraction of sp³-hybridized carbons (Fsp3) is 0.579. The Morgan fingerprint density at radius 2 is 1.88 bits per heavy atom. The highest BCUT2D eigenvalue weighted by molar-refractivity contribution is 5.82. The Hall–Kier alpha value is -2.08. The van der Waals surface area contributed by atoms with Crippen LogP contribution in [0.15, 0.2) is 30.3 Å². The number of amides is 2. The summed E-state index contributed by atoms with van der Waals surface area (Å²) in [6.07, 6.45) is 2.97. The van der Waals surface area contributed by atoms with E-state index in [-0.39, 0.29) is 6.04 Å². The van der Waals surface area contributed by atoms with E-state index < -0.39 is 24.2 Å². The quantitative estimate of drug-likeness (QED) is 0.673. The molecular weight excluding hydrogens is 320 g/mol. The third kappa shape index (κ3) is 5.46. The Morgan fingerprint density at radius 3 is 2.48 bits per heavy atom. The van der Waals surface area contributed by atoms with Crippen molar-refractivity contribution in [3.63, 3.8) is 0 Å². The molecule has 0 saturated heterocycles. The predicted octanol–water partition coefficient (Wildman–Crippen LogP) is 2.11. The monoisotopic (exact) mass is 346 g/mol. The lowest BCUT2D eigenvalue weighted by Crippen LogP contribution is -2.47. The number of nitrogens with one attached hydrogen (secondary N) is 2.